The molecule has 1 aliphatic rings. The first-order valence-electron chi connectivity index (χ1n) is 9.60. The predicted molar refractivity (Wildman–Crippen MR) is 105 cm³/mol. The van der Waals surface area contributed by atoms with Crippen molar-refractivity contribution in [3.63, 3.8) is 0 Å². The van der Waals surface area contributed by atoms with Crippen LogP contribution in [0.4, 0.5) is 0 Å². The molecule has 4 rings (SSSR count). The van der Waals surface area contributed by atoms with Crippen molar-refractivity contribution >= 4 is 5.91 Å². The summed E-state index contributed by atoms with van der Waals surface area (Å²) in [4.78, 5) is 14.7. The van der Waals surface area contributed by atoms with Crippen molar-refractivity contribution in [3.8, 4) is 17.5 Å². The molecule has 28 heavy (non-hydrogen) atoms. The Hall–Kier alpha value is -3.15. The number of rotatable bonds is 5. The molecule has 0 unspecified atom stereocenters. The second-order valence-electron chi connectivity index (χ2n) is 7.01. The normalized spacial score (nSPS) is 16.0. The molecule has 3 aromatic rings. The van der Waals surface area contributed by atoms with E-state index in [2.05, 4.69) is 10.2 Å². The summed E-state index contributed by atoms with van der Waals surface area (Å²) in [6, 6.07) is 19.5. The Morgan fingerprint density at radius 2 is 1.68 bits per heavy atom. The van der Waals surface area contributed by atoms with Gasteiger partial charge in [-0.05, 0) is 24.6 Å². The van der Waals surface area contributed by atoms with Gasteiger partial charge in [-0.3, -0.25) is 4.79 Å². The molecule has 1 saturated heterocycles. The summed E-state index contributed by atoms with van der Waals surface area (Å²) >= 11 is 0. The van der Waals surface area contributed by atoms with E-state index in [1.54, 1.807) is 0 Å². The van der Waals surface area contributed by atoms with Crippen molar-refractivity contribution in [2.45, 2.75) is 31.8 Å². The zero-order valence-corrected chi connectivity index (χ0v) is 15.8. The van der Waals surface area contributed by atoms with E-state index in [4.69, 9.17) is 9.15 Å². The maximum atomic E-state index is 12.8. The SMILES string of the molecule is C[C@H](C(=O)N1CCC(Oc2nnc(-c3ccccc3)o2)CC1)c1ccccc1. The maximum absolute atomic E-state index is 12.8. The molecule has 0 radical (unpaired) electrons. The summed E-state index contributed by atoms with van der Waals surface area (Å²) in [7, 11) is 0. The average Bonchev–Trinajstić information content (AvgIpc) is 3.23. The van der Waals surface area contributed by atoms with E-state index in [9.17, 15) is 4.79 Å². The highest BCUT2D eigenvalue weighted by molar-refractivity contribution is 5.83. The smallest absolute Gasteiger partial charge is 0.415 e. The van der Waals surface area contributed by atoms with E-state index in [-0.39, 0.29) is 24.0 Å². The highest BCUT2D eigenvalue weighted by atomic mass is 16.6. The van der Waals surface area contributed by atoms with Crippen LogP contribution in [0.25, 0.3) is 11.5 Å². The Morgan fingerprint density at radius 1 is 1.04 bits per heavy atom. The van der Waals surface area contributed by atoms with Gasteiger partial charge in [-0.1, -0.05) is 53.6 Å². The predicted octanol–water partition coefficient (Wildman–Crippen LogP) is 3.91. The van der Waals surface area contributed by atoms with Crippen LogP contribution in [0, 0.1) is 0 Å². The number of ether oxygens (including phenoxy) is 1. The first-order chi connectivity index (χ1) is 13.7. The van der Waals surface area contributed by atoms with Crippen LogP contribution >= 0.6 is 0 Å². The van der Waals surface area contributed by atoms with Crippen LogP contribution in [0.15, 0.2) is 65.1 Å². The van der Waals surface area contributed by atoms with Gasteiger partial charge in [-0.25, -0.2) is 0 Å². The Balaban J connectivity index is 1.31. The molecule has 1 aromatic heterocycles. The summed E-state index contributed by atoms with van der Waals surface area (Å²) in [5.74, 6) is 0.469. The van der Waals surface area contributed by atoms with Gasteiger partial charge in [0.15, 0.2) is 0 Å². The van der Waals surface area contributed by atoms with Crippen LogP contribution < -0.4 is 4.74 Å². The van der Waals surface area contributed by atoms with Gasteiger partial charge < -0.3 is 14.1 Å². The number of piperidine rings is 1. The topological polar surface area (TPSA) is 68.5 Å². The van der Waals surface area contributed by atoms with E-state index >= 15 is 0 Å². The third-order valence-electron chi connectivity index (χ3n) is 5.12. The summed E-state index contributed by atoms with van der Waals surface area (Å²) in [5.41, 5.74) is 1.91. The minimum atomic E-state index is -0.136. The third kappa shape index (κ3) is 4.06. The number of benzene rings is 2. The highest BCUT2D eigenvalue weighted by Gasteiger charge is 2.28. The minimum Gasteiger partial charge on any atom is -0.446 e. The summed E-state index contributed by atoms with van der Waals surface area (Å²) in [6.45, 7) is 3.30. The van der Waals surface area contributed by atoms with Gasteiger partial charge in [0.2, 0.25) is 5.91 Å². The molecule has 0 N–H and O–H groups in total. The lowest BCUT2D eigenvalue weighted by molar-refractivity contribution is -0.134. The van der Waals surface area contributed by atoms with E-state index in [1.165, 1.54) is 0 Å². The molecule has 1 atom stereocenters. The molecule has 1 amide bonds. The zero-order chi connectivity index (χ0) is 19.3. The summed E-state index contributed by atoms with van der Waals surface area (Å²) in [6.07, 6.45) is 1.65. The van der Waals surface area contributed by atoms with Crippen molar-refractivity contribution < 1.29 is 13.9 Å². The fourth-order valence-corrected chi connectivity index (χ4v) is 3.45. The van der Waals surface area contributed by atoms with Gasteiger partial charge >= 0.3 is 6.08 Å². The van der Waals surface area contributed by atoms with Crippen molar-refractivity contribution in [2.75, 3.05) is 13.1 Å². The summed E-state index contributed by atoms with van der Waals surface area (Å²) < 4.78 is 11.5. The second kappa shape index (κ2) is 8.25. The molecule has 0 aliphatic carbocycles. The zero-order valence-electron chi connectivity index (χ0n) is 15.8. The number of likely N-dealkylation sites (tertiary alicyclic amines) is 1. The van der Waals surface area contributed by atoms with Gasteiger partial charge in [0, 0.05) is 31.5 Å². The van der Waals surface area contributed by atoms with Crippen LogP contribution in [-0.4, -0.2) is 40.2 Å². The van der Waals surface area contributed by atoms with Gasteiger partial charge in [0.05, 0.1) is 5.92 Å². The van der Waals surface area contributed by atoms with E-state index in [0.29, 0.717) is 19.0 Å². The lowest BCUT2D eigenvalue weighted by atomic mass is 9.98. The van der Waals surface area contributed by atoms with Crippen LogP contribution in [0.2, 0.25) is 0 Å². The number of carbonyl (C=O) groups is 1. The Bertz CT molecular complexity index is 903. The number of aromatic nitrogens is 2. The number of hydrogen-bond acceptors (Lipinski definition) is 5. The molecule has 6 nitrogen and oxygen atoms in total. The Kier molecular flexibility index (Phi) is 5.37. The van der Waals surface area contributed by atoms with Crippen LogP contribution in [0.1, 0.15) is 31.2 Å². The molecule has 2 heterocycles. The molecule has 1 fully saturated rings. The van der Waals surface area contributed by atoms with Crippen molar-refractivity contribution in [3.05, 3.63) is 66.2 Å². The molecule has 2 aromatic carbocycles. The van der Waals surface area contributed by atoms with Crippen LogP contribution in [-0.2, 0) is 4.79 Å². The molecular formula is C22H23N3O3. The largest absolute Gasteiger partial charge is 0.446 e. The molecular weight excluding hydrogens is 354 g/mol. The monoisotopic (exact) mass is 377 g/mol. The third-order valence-corrected chi connectivity index (χ3v) is 5.12. The number of hydrogen-bond donors (Lipinski definition) is 0. The number of nitrogens with zero attached hydrogens (tertiary/aromatic N) is 3. The molecule has 0 bridgehead atoms. The maximum Gasteiger partial charge on any atom is 0.415 e. The fourth-order valence-electron chi connectivity index (χ4n) is 3.45. The summed E-state index contributed by atoms with van der Waals surface area (Å²) in [5, 5.41) is 8.03. The number of carbonyl (C=O) groups excluding carboxylic acids is 1. The van der Waals surface area contributed by atoms with Crippen molar-refractivity contribution in [1.29, 1.82) is 0 Å². The van der Waals surface area contributed by atoms with Gasteiger partial charge in [0.25, 0.3) is 5.89 Å². The van der Waals surface area contributed by atoms with E-state index in [1.807, 2.05) is 72.5 Å². The Morgan fingerprint density at radius 3 is 2.36 bits per heavy atom. The molecule has 1 aliphatic heterocycles. The lowest BCUT2D eigenvalue weighted by Crippen LogP contribution is -2.43. The molecule has 144 valence electrons. The fraction of sp³-hybridized carbons (Fsp3) is 0.318. The molecule has 0 spiro atoms. The first-order valence-corrected chi connectivity index (χ1v) is 9.60. The number of amides is 1. The lowest BCUT2D eigenvalue weighted by Gasteiger charge is -2.33. The highest BCUT2D eigenvalue weighted by Crippen LogP contribution is 2.25. The van der Waals surface area contributed by atoms with E-state index < -0.39 is 0 Å². The minimum absolute atomic E-state index is 0.0276. The molecule has 6 heteroatoms. The quantitative estimate of drug-likeness (QED) is 0.674. The van der Waals surface area contributed by atoms with Gasteiger partial charge in [-0.15, -0.1) is 5.10 Å². The van der Waals surface area contributed by atoms with Crippen LogP contribution in [0.5, 0.6) is 6.08 Å². The van der Waals surface area contributed by atoms with Crippen molar-refractivity contribution in [1.82, 2.24) is 15.1 Å². The standard InChI is InChI=1S/C22H23N3O3/c1-16(17-8-4-2-5-9-17)21(26)25-14-12-19(13-15-25)27-22-24-23-20(28-22)18-10-6-3-7-11-18/h2-11,16,19H,12-15H2,1H3/t16-/m0/s1. The van der Waals surface area contributed by atoms with Gasteiger partial charge in [0.1, 0.15) is 6.10 Å². The first kappa shape index (κ1) is 18.2. The Labute approximate surface area is 164 Å². The van der Waals surface area contributed by atoms with E-state index in [0.717, 1.165) is 24.0 Å². The second-order valence-corrected chi connectivity index (χ2v) is 7.01. The van der Waals surface area contributed by atoms with Gasteiger partial charge in [-0.2, -0.15) is 0 Å². The average molecular weight is 377 g/mol. The van der Waals surface area contributed by atoms with Crippen LogP contribution in [0.3, 0.4) is 0 Å². The molecule has 0 saturated carbocycles. The van der Waals surface area contributed by atoms with Crippen molar-refractivity contribution in [2.24, 2.45) is 0 Å².